The van der Waals surface area contributed by atoms with Gasteiger partial charge in [0, 0.05) is 31.5 Å². The molecule has 1 heterocycles. The van der Waals surface area contributed by atoms with E-state index in [-0.39, 0.29) is 44.1 Å². The Kier molecular flexibility index (Phi) is 6.78. The highest BCUT2D eigenvalue weighted by Gasteiger charge is 2.57. The number of carbonyl (C=O) groups is 2. The Balaban J connectivity index is 2.30. The SMILES string of the molecule is COC[C@@H]1CCCN1C(=O)[C@@]1(CCCN=[N+]=[N-])C(=O)CC[C@H](O)[C@@H]1O. The summed E-state index contributed by atoms with van der Waals surface area (Å²) in [5, 5.41) is 24.2. The van der Waals surface area contributed by atoms with Gasteiger partial charge >= 0.3 is 0 Å². The Labute approximate surface area is 146 Å². The van der Waals surface area contributed by atoms with Crippen LogP contribution < -0.4 is 0 Å². The number of nitrogens with zero attached hydrogens (tertiary/aromatic N) is 4. The van der Waals surface area contributed by atoms with E-state index < -0.39 is 23.5 Å². The summed E-state index contributed by atoms with van der Waals surface area (Å²) in [5.74, 6) is -0.788. The summed E-state index contributed by atoms with van der Waals surface area (Å²) in [4.78, 5) is 30.3. The Morgan fingerprint density at radius 2 is 2.24 bits per heavy atom. The third-order valence-corrected chi connectivity index (χ3v) is 5.31. The van der Waals surface area contributed by atoms with Gasteiger partial charge in [0.2, 0.25) is 5.91 Å². The van der Waals surface area contributed by atoms with Crippen molar-refractivity contribution in [1.82, 2.24) is 4.90 Å². The molecule has 2 aliphatic rings. The lowest BCUT2D eigenvalue weighted by atomic mass is 9.66. The Morgan fingerprint density at radius 3 is 2.92 bits per heavy atom. The van der Waals surface area contributed by atoms with Gasteiger partial charge in [-0.15, -0.1) is 0 Å². The van der Waals surface area contributed by atoms with E-state index in [1.54, 1.807) is 12.0 Å². The van der Waals surface area contributed by atoms with Crippen molar-refractivity contribution in [3.63, 3.8) is 0 Å². The summed E-state index contributed by atoms with van der Waals surface area (Å²) in [5.41, 5.74) is 6.73. The molecule has 0 aromatic carbocycles. The van der Waals surface area contributed by atoms with Crippen LogP contribution >= 0.6 is 0 Å². The molecule has 0 aromatic heterocycles. The number of carbonyl (C=O) groups excluding carboxylic acids is 2. The van der Waals surface area contributed by atoms with Crippen LogP contribution in [-0.2, 0) is 14.3 Å². The predicted molar refractivity (Wildman–Crippen MR) is 88.5 cm³/mol. The number of ether oxygens (including phenoxy) is 1. The van der Waals surface area contributed by atoms with Gasteiger partial charge in [0.25, 0.3) is 0 Å². The minimum absolute atomic E-state index is 0.0499. The van der Waals surface area contributed by atoms with E-state index >= 15 is 0 Å². The fourth-order valence-corrected chi connectivity index (χ4v) is 3.99. The normalized spacial score (nSPS) is 32.5. The van der Waals surface area contributed by atoms with Crippen LogP contribution in [0.15, 0.2) is 5.11 Å². The van der Waals surface area contributed by atoms with Crippen LogP contribution in [0.2, 0.25) is 0 Å². The molecule has 4 atom stereocenters. The highest BCUT2D eigenvalue weighted by atomic mass is 16.5. The highest BCUT2D eigenvalue weighted by Crippen LogP contribution is 2.41. The van der Waals surface area contributed by atoms with E-state index in [0.29, 0.717) is 13.2 Å². The van der Waals surface area contributed by atoms with Crippen molar-refractivity contribution >= 4 is 11.7 Å². The molecular formula is C16H26N4O5. The smallest absolute Gasteiger partial charge is 0.239 e. The summed E-state index contributed by atoms with van der Waals surface area (Å²) in [7, 11) is 1.56. The van der Waals surface area contributed by atoms with Crippen molar-refractivity contribution in [2.45, 2.75) is 56.8 Å². The zero-order valence-electron chi connectivity index (χ0n) is 14.5. The number of hydrogen-bond acceptors (Lipinski definition) is 6. The van der Waals surface area contributed by atoms with E-state index in [9.17, 15) is 19.8 Å². The second kappa shape index (κ2) is 8.62. The third kappa shape index (κ3) is 3.79. The molecule has 0 spiro atoms. The van der Waals surface area contributed by atoms with E-state index in [2.05, 4.69) is 10.0 Å². The zero-order chi connectivity index (χ0) is 18.4. The number of methoxy groups -OCH3 is 1. The molecule has 2 N–H and O–H groups in total. The third-order valence-electron chi connectivity index (χ3n) is 5.31. The van der Waals surface area contributed by atoms with Crippen molar-refractivity contribution in [1.29, 1.82) is 0 Å². The molecule has 25 heavy (non-hydrogen) atoms. The summed E-state index contributed by atoms with van der Waals surface area (Å²) in [6.07, 6.45) is -0.448. The summed E-state index contributed by atoms with van der Waals surface area (Å²) >= 11 is 0. The van der Waals surface area contributed by atoms with E-state index in [1.807, 2.05) is 0 Å². The lowest BCUT2D eigenvalue weighted by molar-refractivity contribution is -0.173. The molecule has 0 bridgehead atoms. The summed E-state index contributed by atoms with van der Waals surface area (Å²) in [6.45, 7) is 0.998. The average Bonchev–Trinajstić information content (AvgIpc) is 3.06. The van der Waals surface area contributed by atoms with E-state index in [1.165, 1.54) is 0 Å². The van der Waals surface area contributed by atoms with Gasteiger partial charge in [0.15, 0.2) is 5.78 Å². The van der Waals surface area contributed by atoms with Crippen LogP contribution in [0.25, 0.3) is 10.4 Å². The number of aliphatic hydroxyl groups excluding tert-OH is 2. The van der Waals surface area contributed by atoms with Crippen molar-refractivity contribution in [3.05, 3.63) is 10.4 Å². The quantitative estimate of drug-likeness (QED) is 0.229. The maximum absolute atomic E-state index is 13.3. The van der Waals surface area contributed by atoms with Crippen LogP contribution in [-0.4, -0.2) is 71.9 Å². The van der Waals surface area contributed by atoms with Gasteiger partial charge in [-0.05, 0) is 37.6 Å². The van der Waals surface area contributed by atoms with Gasteiger partial charge < -0.3 is 19.8 Å². The average molecular weight is 354 g/mol. The largest absolute Gasteiger partial charge is 0.390 e. The molecule has 0 aromatic rings. The second-order valence-electron chi connectivity index (χ2n) is 6.75. The highest BCUT2D eigenvalue weighted by molar-refractivity contribution is 6.07. The number of hydrogen-bond donors (Lipinski definition) is 2. The molecule has 0 unspecified atom stereocenters. The van der Waals surface area contributed by atoms with Crippen LogP contribution in [0, 0.1) is 5.41 Å². The lowest BCUT2D eigenvalue weighted by Crippen LogP contribution is -2.61. The van der Waals surface area contributed by atoms with Gasteiger partial charge in [0.1, 0.15) is 11.5 Å². The molecule has 1 saturated carbocycles. The first kappa shape index (κ1) is 19.7. The van der Waals surface area contributed by atoms with Crippen molar-refractivity contribution in [2.24, 2.45) is 10.5 Å². The van der Waals surface area contributed by atoms with Crippen LogP contribution in [0.4, 0.5) is 0 Å². The monoisotopic (exact) mass is 354 g/mol. The minimum atomic E-state index is -1.67. The second-order valence-corrected chi connectivity index (χ2v) is 6.75. The fourth-order valence-electron chi connectivity index (χ4n) is 3.99. The predicted octanol–water partition coefficient (Wildman–Crippen LogP) is 0.785. The van der Waals surface area contributed by atoms with E-state index in [4.69, 9.17) is 10.3 Å². The van der Waals surface area contributed by atoms with E-state index in [0.717, 1.165) is 12.8 Å². The number of Topliss-reactive ketones (excluding diaryl/α,β-unsaturated/α-hetero) is 1. The maximum Gasteiger partial charge on any atom is 0.239 e. The molecule has 1 aliphatic heterocycles. The first-order valence-corrected chi connectivity index (χ1v) is 8.69. The molecule has 9 heteroatoms. The molecule has 1 aliphatic carbocycles. The number of likely N-dealkylation sites (tertiary alicyclic amines) is 1. The molecular weight excluding hydrogens is 328 g/mol. The van der Waals surface area contributed by atoms with Crippen LogP contribution in [0.5, 0.6) is 0 Å². The number of azide groups is 1. The number of amides is 1. The molecule has 1 saturated heterocycles. The van der Waals surface area contributed by atoms with Gasteiger partial charge in [-0.3, -0.25) is 9.59 Å². The van der Waals surface area contributed by atoms with Crippen LogP contribution in [0.3, 0.4) is 0 Å². The molecule has 9 nitrogen and oxygen atoms in total. The molecule has 140 valence electrons. The van der Waals surface area contributed by atoms with Crippen molar-refractivity contribution in [2.75, 3.05) is 26.8 Å². The van der Waals surface area contributed by atoms with Gasteiger partial charge in [-0.1, -0.05) is 5.11 Å². The van der Waals surface area contributed by atoms with Crippen molar-refractivity contribution < 1.29 is 24.5 Å². The Hall–Kier alpha value is -1.67. The van der Waals surface area contributed by atoms with Gasteiger partial charge in [-0.25, -0.2) is 0 Å². The topological polar surface area (TPSA) is 136 Å². The molecule has 2 rings (SSSR count). The summed E-state index contributed by atoms with van der Waals surface area (Å²) < 4.78 is 5.17. The first-order valence-electron chi connectivity index (χ1n) is 8.69. The van der Waals surface area contributed by atoms with Gasteiger partial charge in [0.05, 0.1) is 18.8 Å². The standard InChI is InChI=1S/C16H26N4O5/c1-25-10-11-4-2-9-20(11)15(24)16(7-3-8-18-19-17)13(22)6-5-12(21)14(16)23/h11-12,14,21,23H,2-10H2,1H3/t11-,12-,14-,16-/m0/s1. The van der Waals surface area contributed by atoms with Gasteiger partial charge in [-0.2, -0.15) is 0 Å². The number of aliphatic hydroxyl groups is 2. The lowest BCUT2D eigenvalue weighted by Gasteiger charge is -2.44. The maximum atomic E-state index is 13.3. The summed E-state index contributed by atoms with van der Waals surface area (Å²) in [6, 6.07) is -0.134. The molecule has 0 radical (unpaired) electrons. The van der Waals surface area contributed by atoms with Crippen molar-refractivity contribution in [3.8, 4) is 0 Å². The molecule has 2 fully saturated rings. The Morgan fingerprint density at radius 1 is 1.48 bits per heavy atom. The molecule has 1 amide bonds. The number of rotatable bonds is 7. The first-order chi connectivity index (χ1) is 12.0. The Bertz CT molecular complexity index is 551. The minimum Gasteiger partial charge on any atom is -0.390 e. The van der Waals surface area contributed by atoms with Crippen LogP contribution in [0.1, 0.15) is 38.5 Å². The fraction of sp³-hybridized carbons (Fsp3) is 0.875. The zero-order valence-corrected chi connectivity index (χ0v) is 14.5. The number of ketones is 1.